The standard InChI is InChI=1S/C14H22N4/c1-11(2)10-18-12(3)8-14(16-18)15-9-13-6-5-7-17(13)4/h5-8,11H,9-10H2,1-4H3,(H,15,16). The van der Waals surface area contributed by atoms with Gasteiger partial charge in [-0.25, -0.2) is 0 Å². The fourth-order valence-corrected chi connectivity index (χ4v) is 1.99. The molecule has 0 aromatic carbocycles. The molecule has 0 fully saturated rings. The normalized spacial score (nSPS) is 11.2. The van der Waals surface area contributed by atoms with Crippen LogP contribution in [0.1, 0.15) is 25.2 Å². The molecule has 0 radical (unpaired) electrons. The Morgan fingerprint density at radius 2 is 2.17 bits per heavy atom. The highest BCUT2D eigenvalue weighted by Gasteiger charge is 2.06. The van der Waals surface area contributed by atoms with Gasteiger partial charge >= 0.3 is 0 Å². The Labute approximate surface area is 109 Å². The van der Waals surface area contributed by atoms with E-state index in [1.54, 1.807) is 0 Å². The average molecular weight is 246 g/mol. The topological polar surface area (TPSA) is 34.8 Å². The van der Waals surface area contributed by atoms with E-state index in [1.165, 1.54) is 11.4 Å². The van der Waals surface area contributed by atoms with E-state index < -0.39 is 0 Å². The summed E-state index contributed by atoms with van der Waals surface area (Å²) in [5, 5.41) is 7.94. The third-order valence-electron chi connectivity index (χ3n) is 3.02. The first kappa shape index (κ1) is 12.7. The van der Waals surface area contributed by atoms with Gasteiger partial charge in [0.25, 0.3) is 0 Å². The molecule has 0 saturated heterocycles. The molecule has 2 aromatic rings. The van der Waals surface area contributed by atoms with Crippen LogP contribution < -0.4 is 5.32 Å². The molecule has 2 aromatic heterocycles. The number of rotatable bonds is 5. The van der Waals surface area contributed by atoms with Crippen molar-refractivity contribution >= 4 is 5.82 Å². The second kappa shape index (κ2) is 5.29. The Hall–Kier alpha value is -1.71. The highest BCUT2D eigenvalue weighted by atomic mass is 15.3. The molecule has 2 rings (SSSR count). The molecular formula is C14H22N4. The van der Waals surface area contributed by atoms with Gasteiger partial charge in [0.05, 0.1) is 6.54 Å². The minimum atomic E-state index is 0.615. The Morgan fingerprint density at radius 3 is 2.78 bits per heavy atom. The molecule has 0 unspecified atom stereocenters. The van der Waals surface area contributed by atoms with E-state index in [1.807, 2.05) is 0 Å². The van der Waals surface area contributed by atoms with Crippen LogP contribution in [-0.4, -0.2) is 14.3 Å². The molecule has 18 heavy (non-hydrogen) atoms. The zero-order valence-corrected chi connectivity index (χ0v) is 11.6. The Bertz CT molecular complexity index is 508. The van der Waals surface area contributed by atoms with E-state index in [4.69, 9.17) is 0 Å². The lowest BCUT2D eigenvalue weighted by molar-refractivity contribution is 0.475. The van der Waals surface area contributed by atoms with Crippen LogP contribution >= 0.6 is 0 Å². The van der Waals surface area contributed by atoms with Crippen LogP contribution in [0.15, 0.2) is 24.4 Å². The van der Waals surface area contributed by atoms with Crippen LogP contribution in [0.5, 0.6) is 0 Å². The minimum absolute atomic E-state index is 0.615. The molecule has 0 aliphatic rings. The van der Waals surface area contributed by atoms with Gasteiger partial charge in [-0.2, -0.15) is 5.10 Å². The first-order valence-corrected chi connectivity index (χ1v) is 6.45. The van der Waals surface area contributed by atoms with Gasteiger partial charge in [0.1, 0.15) is 5.82 Å². The second-order valence-electron chi connectivity index (χ2n) is 5.21. The summed E-state index contributed by atoms with van der Waals surface area (Å²) in [5.41, 5.74) is 2.46. The predicted octanol–water partition coefficient (Wildman–Crippen LogP) is 2.80. The highest BCUT2D eigenvalue weighted by Crippen LogP contribution is 2.12. The molecule has 4 heteroatoms. The van der Waals surface area contributed by atoms with Gasteiger partial charge in [-0.1, -0.05) is 13.8 Å². The van der Waals surface area contributed by atoms with Gasteiger partial charge in [0, 0.05) is 37.2 Å². The first-order chi connectivity index (χ1) is 8.56. The number of aryl methyl sites for hydroxylation is 2. The smallest absolute Gasteiger partial charge is 0.148 e. The molecule has 0 aliphatic carbocycles. The zero-order valence-electron chi connectivity index (χ0n) is 11.6. The van der Waals surface area contributed by atoms with Gasteiger partial charge in [0.2, 0.25) is 0 Å². The summed E-state index contributed by atoms with van der Waals surface area (Å²) in [5.74, 6) is 1.57. The van der Waals surface area contributed by atoms with Crippen LogP contribution in [0.4, 0.5) is 5.82 Å². The van der Waals surface area contributed by atoms with E-state index in [0.717, 1.165) is 18.9 Å². The van der Waals surface area contributed by atoms with Gasteiger partial charge in [-0.15, -0.1) is 0 Å². The molecule has 0 atom stereocenters. The van der Waals surface area contributed by atoms with Crippen LogP contribution in [0.2, 0.25) is 0 Å². The Morgan fingerprint density at radius 1 is 1.39 bits per heavy atom. The number of nitrogens with zero attached hydrogens (tertiary/aromatic N) is 3. The summed E-state index contributed by atoms with van der Waals surface area (Å²) >= 11 is 0. The molecule has 0 bridgehead atoms. The fourth-order valence-electron chi connectivity index (χ4n) is 1.99. The number of nitrogens with one attached hydrogen (secondary N) is 1. The van der Waals surface area contributed by atoms with E-state index >= 15 is 0 Å². The van der Waals surface area contributed by atoms with Crippen molar-refractivity contribution in [2.45, 2.75) is 33.9 Å². The molecule has 2 heterocycles. The summed E-state index contributed by atoms with van der Waals surface area (Å²) in [7, 11) is 2.06. The zero-order chi connectivity index (χ0) is 13.1. The number of hydrogen-bond donors (Lipinski definition) is 1. The van der Waals surface area contributed by atoms with Gasteiger partial charge in [-0.3, -0.25) is 4.68 Å². The second-order valence-corrected chi connectivity index (χ2v) is 5.21. The number of hydrogen-bond acceptors (Lipinski definition) is 2. The van der Waals surface area contributed by atoms with Crippen molar-refractivity contribution < 1.29 is 0 Å². The van der Waals surface area contributed by atoms with Gasteiger partial charge < -0.3 is 9.88 Å². The molecule has 98 valence electrons. The maximum Gasteiger partial charge on any atom is 0.148 e. The van der Waals surface area contributed by atoms with Crippen LogP contribution in [0.3, 0.4) is 0 Å². The molecular weight excluding hydrogens is 224 g/mol. The Balaban J connectivity index is 2.00. The summed E-state index contributed by atoms with van der Waals surface area (Å²) in [4.78, 5) is 0. The predicted molar refractivity (Wildman–Crippen MR) is 74.5 cm³/mol. The van der Waals surface area contributed by atoms with Crippen molar-refractivity contribution in [3.8, 4) is 0 Å². The lowest BCUT2D eigenvalue weighted by Crippen LogP contribution is -2.09. The number of anilines is 1. The van der Waals surface area contributed by atoms with E-state index in [-0.39, 0.29) is 0 Å². The van der Waals surface area contributed by atoms with Crippen molar-refractivity contribution in [1.29, 1.82) is 0 Å². The molecule has 4 nitrogen and oxygen atoms in total. The summed E-state index contributed by atoms with van der Waals surface area (Å²) in [6.07, 6.45) is 2.06. The quantitative estimate of drug-likeness (QED) is 0.880. The lowest BCUT2D eigenvalue weighted by Gasteiger charge is -2.07. The lowest BCUT2D eigenvalue weighted by atomic mass is 10.2. The van der Waals surface area contributed by atoms with Crippen molar-refractivity contribution in [3.63, 3.8) is 0 Å². The summed E-state index contributed by atoms with van der Waals surface area (Å²) in [6.45, 7) is 8.29. The van der Waals surface area contributed by atoms with Gasteiger partial charge in [0.15, 0.2) is 0 Å². The molecule has 0 saturated carbocycles. The van der Waals surface area contributed by atoms with E-state index in [2.05, 4.69) is 71.9 Å². The molecule has 1 N–H and O–H groups in total. The third-order valence-corrected chi connectivity index (χ3v) is 3.02. The van der Waals surface area contributed by atoms with Crippen molar-refractivity contribution in [2.24, 2.45) is 13.0 Å². The SMILES string of the molecule is Cc1cc(NCc2cccn2C)nn1CC(C)C. The molecule has 0 amide bonds. The van der Waals surface area contributed by atoms with E-state index in [9.17, 15) is 0 Å². The average Bonchev–Trinajstić information content (AvgIpc) is 2.83. The van der Waals surface area contributed by atoms with Crippen LogP contribution in [0.25, 0.3) is 0 Å². The van der Waals surface area contributed by atoms with Crippen molar-refractivity contribution in [2.75, 3.05) is 5.32 Å². The monoisotopic (exact) mass is 246 g/mol. The van der Waals surface area contributed by atoms with Crippen molar-refractivity contribution in [1.82, 2.24) is 14.3 Å². The van der Waals surface area contributed by atoms with Gasteiger partial charge in [-0.05, 0) is 25.0 Å². The largest absolute Gasteiger partial charge is 0.363 e. The highest BCUT2D eigenvalue weighted by molar-refractivity contribution is 5.36. The van der Waals surface area contributed by atoms with Crippen molar-refractivity contribution in [3.05, 3.63) is 35.8 Å². The maximum absolute atomic E-state index is 4.58. The summed E-state index contributed by atoms with van der Waals surface area (Å²) in [6, 6.07) is 6.27. The van der Waals surface area contributed by atoms with Crippen LogP contribution in [-0.2, 0) is 20.1 Å². The first-order valence-electron chi connectivity index (χ1n) is 6.45. The van der Waals surface area contributed by atoms with Crippen LogP contribution in [0, 0.1) is 12.8 Å². The fraction of sp³-hybridized carbons (Fsp3) is 0.500. The molecule has 0 aliphatic heterocycles. The number of aromatic nitrogens is 3. The van der Waals surface area contributed by atoms with E-state index in [0.29, 0.717) is 5.92 Å². The molecule has 0 spiro atoms. The summed E-state index contributed by atoms with van der Waals surface area (Å²) < 4.78 is 4.18. The third kappa shape index (κ3) is 2.94. The Kier molecular flexibility index (Phi) is 3.75. The maximum atomic E-state index is 4.58. The minimum Gasteiger partial charge on any atom is -0.363 e.